The molecule has 0 saturated carbocycles. The number of ether oxygens (including phenoxy) is 3. The third-order valence-corrected chi connectivity index (χ3v) is 5.29. The van der Waals surface area contributed by atoms with Crippen molar-refractivity contribution in [1.29, 1.82) is 0 Å². The van der Waals surface area contributed by atoms with Gasteiger partial charge in [-0.05, 0) is 72.9 Å². The van der Waals surface area contributed by atoms with Gasteiger partial charge in [-0.1, -0.05) is 43.7 Å². The predicted octanol–water partition coefficient (Wildman–Crippen LogP) is 6.34. The summed E-state index contributed by atoms with van der Waals surface area (Å²) >= 11 is 0. The standard InChI is InChI=1S/C28H33NO4/c1-4-9-23-20-25(33-24-10-6-5-7-11-24)13-15-27(23)32-17-8-16-29-26-14-12-22(18-21(26)2)19-28(30)31-3/h5-7,10-15,18,20,29H,4,8-9,16-17,19H2,1-3H3. The summed E-state index contributed by atoms with van der Waals surface area (Å²) in [5, 5.41) is 3.45. The Kier molecular flexibility index (Phi) is 9.19. The van der Waals surface area contributed by atoms with Crippen LogP contribution in [0, 0.1) is 6.92 Å². The minimum absolute atomic E-state index is 0.227. The maximum absolute atomic E-state index is 11.4. The van der Waals surface area contributed by atoms with E-state index in [1.165, 1.54) is 7.11 Å². The lowest BCUT2D eigenvalue weighted by Gasteiger charge is -2.14. The van der Waals surface area contributed by atoms with Crippen molar-refractivity contribution in [2.24, 2.45) is 0 Å². The van der Waals surface area contributed by atoms with Crippen molar-refractivity contribution < 1.29 is 19.0 Å². The highest BCUT2D eigenvalue weighted by Gasteiger charge is 2.08. The van der Waals surface area contributed by atoms with Crippen molar-refractivity contribution in [2.45, 2.75) is 39.5 Å². The van der Waals surface area contributed by atoms with E-state index in [-0.39, 0.29) is 5.97 Å². The molecule has 0 unspecified atom stereocenters. The minimum Gasteiger partial charge on any atom is -0.493 e. The zero-order chi connectivity index (χ0) is 23.5. The molecule has 0 fully saturated rings. The second-order valence-electron chi connectivity index (χ2n) is 7.97. The fourth-order valence-electron chi connectivity index (χ4n) is 3.60. The van der Waals surface area contributed by atoms with Gasteiger partial charge < -0.3 is 19.5 Å². The summed E-state index contributed by atoms with van der Waals surface area (Å²) in [5.41, 5.74) is 4.29. The van der Waals surface area contributed by atoms with Crippen LogP contribution in [0.25, 0.3) is 0 Å². The summed E-state index contributed by atoms with van der Waals surface area (Å²) in [6.07, 6.45) is 3.15. The van der Waals surface area contributed by atoms with Crippen molar-refractivity contribution in [2.75, 3.05) is 25.6 Å². The molecule has 33 heavy (non-hydrogen) atoms. The van der Waals surface area contributed by atoms with Crippen molar-refractivity contribution in [3.05, 3.63) is 83.4 Å². The molecule has 0 aliphatic rings. The fraction of sp³-hybridized carbons (Fsp3) is 0.321. The lowest BCUT2D eigenvalue weighted by Crippen LogP contribution is -2.09. The van der Waals surface area contributed by atoms with E-state index in [2.05, 4.69) is 18.3 Å². The second-order valence-corrected chi connectivity index (χ2v) is 7.97. The number of hydrogen-bond donors (Lipinski definition) is 1. The van der Waals surface area contributed by atoms with Crippen LogP contribution in [-0.4, -0.2) is 26.2 Å². The van der Waals surface area contributed by atoms with Crippen LogP contribution in [0.2, 0.25) is 0 Å². The number of nitrogens with one attached hydrogen (secondary N) is 1. The number of esters is 1. The van der Waals surface area contributed by atoms with Crippen LogP contribution >= 0.6 is 0 Å². The average Bonchev–Trinajstić information content (AvgIpc) is 2.82. The van der Waals surface area contributed by atoms with E-state index in [1.807, 2.05) is 67.6 Å². The Hall–Kier alpha value is -3.47. The SMILES string of the molecule is CCCc1cc(Oc2ccccc2)ccc1OCCCNc1ccc(CC(=O)OC)cc1C. The van der Waals surface area contributed by atoms with Crippen LogP contribution in [0.5, 0.6) is 17.2 Å². The van der Waals surface area contributed by atoms with Gasteiger partial charge in [0.2, 0.25) is 0 Å². The molecule has 0 aliphatic heterocycles. The number of para-hydroxylation sites is 1. The Labute approximate surface area is 196 Å². The van der Waals surface area contributed by atoms with Crippen molar-refractivity contribution in [3.63, 3.8) is 0 Å². The van der Waals surface area contributed by atoms with Gasteiger partial charge >= 0.3 is 5.97 Å². The number of anilines is 1. The van der Waals surface area contributed by atoms with Crippen LogP contribution in [0.1, 0.15) is 36.5 Å². The maximum atomic E-state index is 11.4. The largest absolute Gasteiger partial charge is 0.493 e. The topological polar surface area (TPSA) is 56.8 Å². The van der Waals surface area contributed by atoms with Gasteiger partial charge in [0.1, 0.15) is 17.2 Å². The quantitative estimate of drug-likeness (QED) is 0.259. The molecule has 0 saturated heterocycles. The zero-order valence-electron chi connectivity index (χ0n) is 19.7. The zero-order valence-corrected chi connectivity index (χ0v) is 19.7. The normalized spacial score (nSPS) is 10.5. The number of methoxy groups -OCH3 is 1. The molecule has 3 aromatic carbocycles. The van der Waals surface area contributed by atoms with E-state index in [9.17, 15) is 4.79 Å². The van der Waals surface area contributed by atoms with Gasteiger partial charge in [-0.25, -0.2) is 0 Å². The highest BCUT2D eigenvalue weighted by Crippen LogP contribution is 2.29. The van der Waals surface area contributed by atoms with Crippen molar-refractivity contribution in [3.8, 4) is 17.2 Å². The summed E-state index contributed by atoms with van der Waals surface area (Å²) in [5.74, 6) is 2.34. The van der Waals surface area contributed by atoms with Gasteiger partial charge in [0.05, 0.1) is 20.1 Å². The molecule has 5 heteroatoms. The molecule has 0 atom stereocenters. The molecule has 0 heterocycles. The van der Waals surface area contributed by atoms with E-state index in [1.54, 1.807) is 0 Å². The molecule has 0 aliphatic carbocycles. The van der Waals surface area contributed by atoms with Crippen LogP contribution in [0.4, 0.5) is 5.69 Å². The molecule has 1 N–H and O–H groups in total. The Morgan fingerprint density at radius 2 is 1.79 bits per heavy atom. The molecule has 3 rings (SSSR count). The molecule has 0 radical (unpaired) electrons. The number of aryl methyl sites for hydroxylation is 2. The van der Waals surface area contributed by atoms with Gasteiger partial charge in [-0.2, -0.15) is 0 Å². The van der Waals surface area contributed by atoms with E-state index in [0.717, 1.165) is 65.4 Å². The molecule has 174 valence electrons. The number of carbonyl (C=O) groups is 1. The third-order valence-electron chi connectivity index (χ3n) is 5.29. The van der Waals surface area contributed by atoms with E-state index >= 15 is 0 Å². The van der Waals surface area contributed by atoms with Crippen molar-refractivity contribution in [1.82, 2.24) is 0 Å². The molecule has 0 aromatic heterocycles. The smallest absolute Gasteiger partial charge is 0.309 e. The number of hydrogen-bond acceptors (Lipinski definition) is 5. The predicted molar refractivity (Wildman–Crippen MR) is 132 cm³/mol. The lowest BCUT2D eigenvalue weighted by atomic mass is 10.1. The molecule has 0 spiro atoms. The van der Waals surface area contributed by atoms with Crippen LogP contribution < -0.4 is 14.8 Å². The number of benzene rings is 3. The monoisotopic (exact) mass is 447 g/mol. The van der Waals surface area contributed by atoms with Gasteiger partial charge in [0.25, 0.3) is 0 Å². The summed E-state index contributed by atoms with van der Waals surface area (Å²) in [6.45, 7) is 5.63. The third kappa shape index (κ3) is 7.56. The average molecular weight is 448 g/mol. The molecule has 3 aromatic rings. The second kappa shape index (κ2) is 12.5. The Morgan fingerprint density at radius 3 is 2.52 bits per heavy atom. The summed E-state index contributed by atoms with van der Waals surface area (Å²) in [7, 11) is 1.41. The summed E-state index contributed by atoms with van der Waals surface area (Å²) < 4.78 is 16.8. The van der Waals surface area contributed by atoms with E-state index in [4.69, 9.17) is 14.2 Å². The summed E-state index contributed by atoms with van der Waals surface area (Å²) in [6, 6.07) is 21.8. The number of rotatable bonds is 12. The first-order valence-electron chi connectivity index (χ1n) is 11.5. The minimum atomic E-state index is -0.227. The maximum Gasteiger partial charge on any atom is 0.309 e. The Morgan fingerprint density at radius 1 is 0.970 bits per heavy atom. The van der Waals surface area contributed by atoms with Crippen molar-refractivity contribution >= 4 is 11.7 Å². The van der Waals surface area contributed by atoms with Gasteiger partial charge in [0, 0.05) is 12.2 Å². The first kappa shape index (κ1) is 24.2. The highest BCUT2D eigenvalue weighted by atomic mass is 16.5. The Balaban J connectivity index is 1.49. The van der Waals surface area contributed by atoms with Gasteiger partial charge in [0.15, 0.2) is 0 Å². The van der Waals surface area contributed by atoms with Crippen LogP contribution in [-0.2, 0) is 22.4 Å². The molecule has 0 bridgehead atoms. The van der Waals surface area contributed by atoms with Gasteiger partial charge in [-0.3, -0.25) is 4.79 Å². The van der Waals surface area contributed by atoms with E-state index in [0.29, 0.717) is 13.0 Å². The van der Waals surface area contributed by atoms with Crippen LogP contribution in [0.3, 0.4) is 0 Å². The van der Waals surface area contributed by atoms with Gasteiger partial charge in [-0.15, -0.1) is 0 Å². The Bertz CT molecular complexity index is 1030. The molecular formula is C28H33NO4. The first-order chi connectivity index (χ1) is 16.1. The number of carbonyl (C=O) groups excluding carboxylic acids is 1. The van der Waals surface area contributed by atoms with Crippen LogP contribution in [0.15, 0.2) is 66.7 Å². The molecule has 0 amide bonds. The lowest BCUT2D eigenvalue weighted by molar-refractivity contribution is -0.139. The first-order valence-corrected chi connectivity index (χ1v) is 11.5. The highest BCUT2D eigenvalue weighted by molar-refractivity contribution is 5.72. The molecule has 5 nitrogen and oxygen atoms in total. The fourth-order valence-corrected chi connectivity index (χ4v) is 3.60. The molecular weight excluding hydrogens is 414 g/mol. The summed E-state index contributed by atoms with van der Waals surface area (Å²) in [4.78, 5) is 11.4. The van der Waals surface area contributed by atoms with E-state index < -0.39 is 0 Å².